The van der Waals surface area contributed by atoms with E-state index in [2.05, 4.69) is 20.1 Å². The predicted octanol–water partition coefficient (Wildman–Crippen LogP) is 2.02. The molecule has 4 rings (SSSR count). The van der Waals surface area contributed by atoms with E-state index in [4.69, 9.17) is 4.74 Å². The lowest BCUT2D eigenvalue weighted by Gasteiger charge is -2.22. The molecule has 3 heterocycles. The number of nitrogens with zero attached hydrogens (tertiary/aromatic N) is 4. The van der Waals surface area contributed by atoms with Crippen LogP contribution in [-0.2, 0) is 14.3 Å². The highest BCUT2D eigenvalue weighted by atomic mass is 19.4. The normalized spacial score (nSPS) is 18.8. The molecular formula is C20H18F3N5O4. The molecule has 1 aliphatic heterocycles. The number of alkyl halides is 3. The number of hydrogen-bond acceptors (Lipinski definition) is 6. The first-order valence-corrected chi connectivity index (χ1v) is 9.51. The van der Waals surface area contributed by atoms with E-state index >= 15 is 0 Å². The zero-order valence-corrected chi connectivity index (χ0v) is 16.8. The number of carbonyl (C=O) groups is 2. The minimum atomic E-state index is -4.85. The lowest BCUT2D eigenvalue weighted by Crippen LogP contribution is -2.30. The van der Waals surface area contributed by atoms with Crippen LogP contribution in [-0.4, -0.2) is 64.3 Å². The van der Waals surface area contributed by atoms with Gasteiger partial charge in [0.15, 0.2) is 5.69 Å². The van der Waals surface area contributed by atoms with Gasteiger partial charge in [0.05, 0.1) is 30.4 Å². The van der Waals surface area contributed by atoms with Gasteiger partial charge in [0.25, 0.3) is 5.91 Å². The highest BCUT2D eigenvalue weighted by Gasteiger charge is 2.34. The Bertz CT molecular complexity index is 1090. The number of carbonyl (C=O) groups excluding carboxylic acids is 2. The first kappa shape index (κ1) is 21.6. The molecule has 1 aliphatic carbocycles. The summed E-state index contributed by atoms with van der Waals surface area (Å²) in [5, 5.41) is 6.89. The van der Waals surface area contributed by atoms with Gasteiger partial charge in [-0.05, 0) is 30.4 Å². The first-order valence-electron chi connectivity index (χ1n) is 9.51. The second kappa shape index (κ2) is 8.46. The Balaban J connectivity index is 1.77. The van der Waals surface area contributed by atoms with E-state index in [0.717, 1.165) is 0 Å². The number of ether oxygens (including phenoxy) is 2. The highest BCUT2D eigenvalue weighted by molar-refractivity contribution is 5.97. The van der Waals surface area contributed by atoms with Gasteiger partial charge >= 0.3 is 6.36 Å². The van der Waals surface area contributed by atoms with Crippen molar-refractivity contribution < 1.29 is 32.2 Å². The van der Waals surface area contributed by atoms with Crippen LogP contribution >= 0.6 is 0 Å². The molecule has 2 aromatic heterocycles. The fraction of sp³-hybridized carbons (Fsp3) is 0.300. The van der Waals surface area contributed by atoms with Crippen LogP contribution in [0.15, 0.2) is 48.5 Å². The minimum Gasteiger partial charge on any atom is -0.410 e. The largest absolute Gasteiger partial charge is 0.572 e. The highest BCUT2D eigenvalue weighted by Crippen LogP contribution is 2.33. The number of pyridine rings is 1. The van der Waals surface area contributed by atoms with Crippen LogP contribution < -0.4 is 5.32 Å². The van der Waals surface area contributed by atoms with Gasteiger partial charge in [-0.25, -0.2) is 4.68 Å². The molecule has 9 nitrogen and oxygen atoms in total. The maximum atomic E-state index is 12.9. The van der Waals surface area contributed by atoms with Crippen molar-refractivity contribution in [2.75, 3.05) is 20.3 Å². The summed E-state index contributed by atoms with van der Waals surface area (Å²) in [6.07, 6.45) is 0.282. The van der Waals surface area contributed by atoms with Gasteiger partial charge in [0.1, 0.15) is 12.3 Å². The number of methoxy groups -OCH3 is 1. The molecule has 2 amide bonds. The summed E-state index contributed by atoms with van der Waals surface area (Å²) < 4.78 is 49.3. The molecule has 1 N–H and O–H groups in total. The summed E-state index contributed by atoms with van der Waals surface area (Å²) in [7, 11) is 1.38. The summed E-state index contributed by atoms with van der Waals surface area (Å²) in [6, 6.07) is 4.79. The van der Waals surface area contributed by atoms with E-state index < -0.39 is 18.4 Å². The fourth-order valence-electron chi connectivity index (χ4n) is 3.41. The van der Waals surface area contributed by atoms with Gasteiger partial charge in [-0.3, -0.25) is 14.6 Å². The summed E-state index contributed by atoms with van der Waals surface area (Å²) in [5.74, 6) is -1.12. The van der Waals surface area contributed by atoms with Crippen molar-refractivity contribution in [2.45, 2.75) is 18.9 Å². The Morgan fingerprint density at radius 1 is 1.34 bits per heavy atom. The van der Waals surface area contributed by atoms with Crippen molar-refractivity contribution in [3.63, 3.8) is 0 Å². The fourth-order valence-corrected chi connectivity index (χ4v) is 3.41. The molecule has 0 bridgehead atoms. The maximum absolute atomic E-state index is 12.9. The van der Waals surface area contributed by atoms with Gasteiger partial charge in [-0.15, -0.1) is 13.2 Å². The standard InChI is InChI=1S/C20H18F3N5O4/c1-31-14-5-12(6-15(7-14)32-20(21,22)23)17-8-16(19(30)27-10-18(29)25-11-27)26-28(17)13-3-2-4-24-9-13/h2-6,8-9,14H,7,10-11H2,1H3,(H,25,29). The molecule has 0 saturated carbocycles. The van der Waals surface area contributed by atoms with Crippen molar-refractivity contribution >= 4 is 17.4 Å². The Labute approximate surface area is 180 Å². The Hall–Kier alpha value is -3.67. The van der Waals surface area contributed by atoms with Crippen LogP contribution in [0.3, 0.4) is 0 Å². The molecule has 32 heavy (non-hydrogen) atoms. The van der Waals surface area contributed by atoms with Crippen molar-refractivity contribution in [2.24, 2.45) is 0 Å². The van der Waals surface area contributed by atoms with Crippen LogP contribution in [0, 0.1) is 0 Å². The molecule has 12 heteroatoms. The average molecular weight is 449 g/mol. The Kier molecular flexibility index (Phi) is 5.70. The van der Waals surface area contributed by atoms with Crippen molar-refractivity contribution in [3.05, 3.63) is 59.9 Å². The molecule has 2 aliphatic rings. The van der Waals surface area contributed by atoms with Crippen LogP contribution in [0.25, 0.3) is 11.3 Å². The van der Waals surface area contributed by atoms with E-state index in [1.165, 1.54) is 35.0 Å². The third-order valence-corrected chi connectivity index (χ3v) is 4.84. The SMILES string of the molecule is COC1C=C(c2cc(C(=O)N3CNC(=O)C3)nn2-c2cccnc2)C=C(OC(F)(F)F)C1. The zero-order chi connectivity index (χ0) is 22.9. The van der Waals surface area contributed by atoms with Gasteiger partial charge in [-0.1, -0.05) is 0 Å². The van der Waals surface area contributed by atoms with E-state index in [1.54, 1.807) is 24.4 Å². The molecule has 0 radical (unpaired) electrons. The molecule has 1 saturated heterocycles. The van der Waals surface area contributed by atoms with E-state index in [0.29, 0.717) is 17.0 Å². The number of nitrogens with one attached hydrogen (secondary N) is 1. The second-order valence-corrected chi connectivity index (χ2v) is 7.06. The van der Waals surface area contributed by atoms with E-state index in [9.17, 15) is 22.8 Å². The number of rotatable bonds is 5. The lowest BCUT2D eigenvalue weighted by molar-refractivity contribution is -0.307. The third kappa shape index (κ3) is 4.64. The maximum Gasteiger partial charge on any atom is 0.572 e. The Morgan fingerprint density at radius 3 is 2.78 bits per heavy atom. The quantitative estimate of drug-likeness (QED) is 0.750. The molecule has 1 atom stereocenters. The molecule has 0 aromatic carbocycles. The van der Waals surface area contributed by atoms with Gasteiger partial charge in [-0.2, -0.15) is 5.10 Å². The Morgan fingerprint density at radius 2 is 2.16 bits per heavy atom. The monoisotopic (exact) mass is 449 g/mol. The van der Waals surface area contributed by atoms with Crippen LogP contribution in [0.1, 0.15) is 22.6 Å². The average Bonchev–Trinajstić information content (AvgIpc) is 3.39. The summed E-state index contributed by atoms with van der Waals surface area (Å²) >= 11 is 0. The number of amides is 2. The molecule has 2 aromatic rings. The minimum absolute atomic E-state index is 0.0208. The summed E-state index contributed by atoms with van der Waals surface area (Å²) in [4.78, 5) is 29.6. The molecule has 168 valence electrons. The van der Waals surface area contributed by atoms with Crippen molar-refractivity contribution in [3.8, 4) is 5.69 Å². The van der Waals surface area contributed by atoms with Crippen LogP contribution in [0.5, 0.6) is 0 Å². The van der Waals surface area contributed by atoms with Crippen LogP contribution in [0.2, 0.25) is 0 Å². The van der Waals surface area contributed by atoms with E-state index in [-0.39, 0.29) is 37.0 Å². The summed E-state index contributed by atoms with van der Waals surface area (Å²) in [6.45, 7) is -0.0590. The number of aromatic nitrogens is 3. The topological polar surface area (TPSA) is 98.6 Å². The number of halogens is 3. The van der Waals surface area contributed by atoms with Crippen molar-refractivity contribution in [1.29, 1.82) is 0 Å². The lowest BCUT2D eigenvalue weighted by atomic mass is 10.00. The molecule has 1 fully saturated rings. The van der Waals surface area contributed by atoms with Crippen molar-refractivity contribution in [1.82, 2.24) is 25.0 Å². The predicted molar refractivity (Wildman–Crippen MR) is 104 cm³/mol. The second-order valence-electron chi connectivity index (χ2n) is 7.06. The molecular weight excluding hydrogens is 431 g/mol. The molecule has 0 spiro atoms. The summed E-state index contributed by atoms with van der Waals surface area (Å²) in [5.41, 5.74) is 1.18. The van der Waals surface area contributed by atoms with Crippen LogP contribution in [0.4, 0.5) is 13.2 Å². The first-order chi connectivity index (χ1) is 15.2. The number of allylic oxidation sites excluding steroid dienone is 2. The van der Waals surface area contributed by atoms with E-state index in [1.807, 2.05) is 0 Å². The smallest absolute Gasteiger partial charge is 0.410 e. The third-order valence-electron chi connectivity index (χ3n) is 4.84. The van der Waals surface area contributed by atoms with Gasteiger partial charge < -0.3 is 19.7 Å². The van der Waals surface area contributed by atoms with Gasteiger partial charge in [0.2, 0.25) is 5.91 Å². The number of hydrogen-bond donors (Lipinski definition) is 1. The van der Waals surface area contributed by atoms with Gasteiger partial charge in [0, 0.05) is 25.3 Å². The zero-order valence-electron chi connectivity index (χ0n) is 16.8. The molecule has 1 unspecified atom stereocenters.